The Hall–Kier alpha value is -2.18. The molecule has 6 heteroatoms. The Balaban J connectivity index is 1.44. The van der Waals surface area contributed by atoms with Crippen molar-refractivity contribution in [2.45, 2.75) is 31.7 Å². The maximum atomic E-state index is 12.9. The molecule has 134 valence electrons. The minimum Gasteiger partial charge on any atom is -0.361 e. The molecule has 1 fully saturated rings. The van der Waals surface area contributed by atoms with Crippen LogP contribution in [0.15, 0.2) is 30.5 Å². The van der Waals surface area contributed by atoms with Gasteiger partial charge in [-0.05, 0) is 61.6 Å². The monoisotopic (exact) mass is 366 g/mol. The summed E-state index contributed by atoms with van der Waals surface area (Å²) < 4.78 is 4.25. The minimum atomic E-state index is -0.000552. The summed E-state index contributed by atoms with van der Waals surface area (Å²) in [5, 5.41) is 5.29. The molecule has 2 aromatic heterocycles. The fraction of sp³-hybridized carbons (Fsp3) is 0.400. The third kappa shape index (κ3) is 2.47. The highest BCUT2D eigenvalue weighted by Gasteiger charge is 2.41. The second-order valence-corrected chi connectivity index (χ2v) is 8.46. The molecular weight excluding hydrogens is 344 g/mol. The summed E-state index contributed by atoms with van der Waals surface area (Å²) in [4.78, 5) is 18.7. The van der Waals surface area contributed by atoms with Crippen molar-refractivity contribution in [3.63, 3.8) is 0 Å². The first kappa shape index (κ1) is 16.0. The van der Waals surface area contributed by atoms with Crippen molar-refractivity contribution < 1.29 is 4.79 Å². The predicted molar refractivity (Wildman–Crippen MR) is 105 cm³/mol. The van der Waals surface area contributed by atoms with E-state index in [-0.39, 0.29) is 11.8 Å². The lowest BCUT2D eigenvalue weighted by Crippen LogP contribution is -2.50. The van der Waals surface area contributed by atoms with Crippen LogP contribution >= 0.6 is 11.5 Å². The van der Waals surface area contributed by atoms with Gasteiger partial charge in [0.25, 0.3) is 0 Å². The molecule has 2 N–H and O–H groups in total. The predicted octanol–water partition coefficient (Wildman–Crippen LogP) is 3.53. The average Bonchev–Trinajstić information content (AvgIpc) is 3.23. The zero-order valence-corrected chi connectivity index (χ0v) is 15.8. The van der Waals surface area contributed by atoms with Gasteiger partial charge in [0, 0.05) is 35.6 Å². The molecule has 3 aromatic rings. The number of carbonyl (C=O) groups excluding carboxylic acids is 1. The molecule has 5 rings (SSSR count). The van der Waals surface area contributed by atoms with Gasteiger partial charge in [0.1, 0.15) is 5.00 Å². The number of H-pyrrole nitrogens is 1. The lowest BCUT2D eigenvalue weighted by atomic mass is 9.72. The van der Waals surface area contributed by atoms with Crippen molar-refractivity contribution in [3.8, 4) is 0 Å². The smallest absolute Gasteiger partial charge is 0.229 e. The number of hydrogen-bond acceptors (Lipinski definition) is 4. The Morgan fingerprint density at radius 1 is 1.42 bits per heavy atom. The average molecular weight is 366 g/mol. The van der Waals surface area contributed by atoms with Crippen molar-refractivity contribution in [2.75, 3.05) is 18.9 Å². The Bertz CT molecular complexity index is 991. The highest BCUT2D eigenvalue weighted by molar-refractivity contribution is 7.10. The minimum absolute atomic E-state index is 0.000552. The summed E-state index contributed by atoms with van der Waals surface area (Å²) in [6, 6.07) is 8.93. The molecule has 0 spiro atoms. The fourth-order valence-corrected chi connectivity index (χ4v) is 5.44. The van der Waals surface area contributed by atoms with Crippen LogP contribution in [0.1, 0.15) is 29.2 Å². The van der Waals surface area contributed by atoms with Crippen LogP contribution in [0.25, 0.3) is 10.9 Å². The molecule has 1 aromatic carbocycles. The van der Waals surface area contributed by atoms with Gasteiger partial charge in [0.15, 0.2) is 0 Å². The number of benzene rings is 1. The zero-order chi connectivity index (χ0) is 17.8. The summed E-state index contributed by atoms with van der Waals surface area (Å²) in [5.74, 6) is 0.519. The Morgan fingerprint density at radius 2 is 2.31 bits per heavy atom. The molecule has 1 aliphatic heterocycles. The van der Waals surface area contributed by atoms with Crippen molar-refractivity contribution in [1.29, 1.82) is 0 Å². The molecule has 3 heterocycles. The number of nitrogens with zero attached hydrogens (tertiary/aromatic N) is 2. The van der Waals surface area contributed by atoms with E-state index in [4.69, 9.17) is 0 Å². The number of carbonyl (C=O) groups is 1. The number of rotatable bonds is 2. The van der Waals surface area contributed by atoms with Crippen LogP contribution < -0.4 is 5.32 Å². The summed E-state index contributed by atoms with van der Waals surface area (Å²) in [6.45, 7) is 2.75. The Morgan fingerprint density at radius 3 is 3.12 bits per heavy atom. The van der Waals surface area contributed by atoms with Crippen LogP contribution in [0.5, 0.6) is 0 Å². The number of aryl methyl sites for hydroxylation is 1. The second kappa shape index (κ2) is 5.93. The van der Waals surface area contributed by atoms with E-state index in [1.807, 2.05) is 13.0 Å². The number of likely N-dealkylation sites (N-methyl/N-ethyl adjacent to an activating group) is 1. The van der Waals surface area contributed by atoms with Gasteiger partial charge in [-0.3, -0.25) is 4.79 Å². The van der Waals surface area contributed by atoms with Gasteiger partial charge in [-0.25, -0.2) is 0 Å². The number of fused-ring (bicyclic) bond motifs is 2. The molecule has 1 amide bonds. The van der Waals surface area contributed by atoms with Crippen LogP contribution in [-0.4, -0.2) is 39.8 Å². The van der Waals surface area contributed by atoms with Gasteiger partial charge >= 0.3 is 0 Å². The standard InChI is InChI=1S/C20H22N4OS/c1-11-6-18(26-23-11)22-20(25)13-7-15-14-4-3-5-16-19(14)12(9-21-16)8-17(15)24(2)10-13/h3-6,9,13,15,17,21H,7-8,10H2,1-2H3,(H,22,25)/t13?,15-,17-/m1/s1. The normalized spacial score (nSPS) is 25.2. The van der Waals surface area contributed by atoms with Crippen LogP contribution in [0, 0.1) is 12.8 Å². The maximum Gasteiger partial charge on any atom is 0.229 e. The van der Waals surface area contributed by atoms with E-state index < -0.39 is 0 Å². The number of piperidine rings is 1. The highest BCUT2D eigenvalue weighted by Crippen LogP contribution is 2.44. The van der Waals surface area contributed by atoms with E-state index in [1.54, 1.807) is 0 Å². The molecule has 26 heavy (non-hydrogen) atoms. The number of nitrogens with one attached hydrogen (secondary N) is 2. The lowest BCUT2D eigenvalue weighted by molar-refractivity contribution is -0.122. The fourth-order valence-electron chi connectivity index (χ4n) is 4.78. The number of aromatic nitrogens is 2. The van der Waals surface area contributed by atoms with E-state index in [1.165, 1.54) is 33.6 Å². The summed E-state index contributed by atoms with van der Waals surface area (Å²) >= 11 is 1.35. The van der Waals surface area contributed by atoms with E-state index >= 15 is 0 Å². The third-order valence-corrected chi connectivity index (χ3v) is 6.77. The largest absolute Gasteiger partial charge is 0.361 e. The van der Waals surface area contributed by atoms with E-state index in [2.05, 4.69) is 51.0 Å². The van der Waals surface area contributed by atoms with Crippen molar-refractivity contribution in [3.05, 3.63) is 47.3 Å². The van der Waals surface area contributed by atoms with Crippen LogP contribution in [0.4, 0.5) is 5.00 Å². The van der Waals surface area contributed by atoms with Gasteiger partial charge in [-0.2, -0.15) is 4.37 Å². The molecular formula is C20H22N4OS. The van der Waals surface area contributed by atoms with Crippen LogP contribution in [0.2, 0.25) is 0 Å². The molecule has 3 atom stereocenters. The quantitative estimate of drug-likeness (QED) is 0.729. The second-order valence-electron chi connectivity index (χ2n) is 7.66. The van der Waals surface area contributed by atoms with Crippen LogP contribution in [0.3, 0.4) is 0 Å². The number of amides is 1. The van der Waals surface area contributed by atoms with Gasteiger partial charge in [0.05, 0.1) is 11.6 Å². The first-order valence-corrected chi connectivity index (χ1v) is 9.91. The van der Waals surface area contributed by atoms with E-state index in [0.717, 1.165) is 30.1 Å². The molecule has 5 nitrogen and oxygen atoms in total. The topological polar surface area (TPSA) is 61.0 Å². The third-order valence-electron chi connectivity index (χ3n) is 5.97. The van der Waals surface area contributed by atoms with Gasteiger partial charge < -0.3 is 15.2 Å². The molecule has 2 aliphatic rings. The Labute approximate surface area is 156 Å². The first-order valence-electron chi connectivity index (χ1n) is 9.13. The van der Waals surface area contributed by atoms with E-state index in [0.29, 0.717) is 12.0 Å². The number of anilines is 1. The zero-order valence-electron chi connectivity index (χ0n) is 15.0. The number of hydrogen-bond donors (Lipinski definition) is 2. The number of likely N-dealkylation sites (tertiary alicyclic amines) is 1. The highest BCUT2D eigenvalue weighted by atomic mass is 32.1. The van der Waals surface area contributed by atoms with Crippen molar-refractivity contribution in [1.82, 2.24) is 14.3 Å². The van der Waals surface area contributed by atoms with Crippen LogP contribution in [-0.2, 0) is 11.2 Å². The molecule has 0 bridgehead atoms. The number of aromatic amines is 1. The summed E-state index contributed by atoms with van der Waals surface area (Å²) in [6.07, 6.45) is 4.12. The van der Waals surface area contributed by atoms with Gasteiger partial charge in [-0.15, -0.1) is 0 Å². The first-order chi connectivity index (χ1) is 12.6. The van der Waals surface area contributed by atoms with Crippen molar-refractivity contribution in [2.24, 2.45) is 5.92 Å². The van der Waals surface area contributed by atoms with Gasteiger partial charge in [-0.1, -0.05) is 12.1 Å². The maximum absolute atomic E-state index is 12.9. The molecule has 0 saturated carbocycles. The molecule has 1 aliphatic carbocycles. The Kier molecular flexibility index (Phi) is 3.65. The molecule has 1 saturated heterocycles. The summed E-state index contributed by atoms with van der Waals surface area (Å²) in [5.41, 5.74) is 4.97. The SMILES string of the molecule is Cc1cc(NC(=O)C2C[C@@H]3c4cccc5[nH]cc(c45)C[C@H]3N(C)C2)sn1. The van der Waals surface area contributed by atoms with Crippen molar-refractivity contribution >= 4 is 33.3 Å². The summed E-state index contributed by atoms with van der Waals surface area (Å²) in [7, 11) is 2.16. The molecule has 1 unspecified atom stereocenters. The molecule has 0 radical (unpaired) electrons. The van der Waals surface area contributed by atoms with E-state index in [9.17, 15) is 4.79 Å². The van der Waals surface area contributed by atoms with Gasteiger partial charge in [0.2, 0.25) is 5.91 Å². The lowest BCUT2D eigenvalue weighted by Gasteiger charge is -2.45.